The summed E-state index contributed by atoms with van der Waals surface area (Å²) in [4.78, 5) is 0. The Morgan fingerprint density at radius 3 is 2.41 bits per heavy atom. The van der Waals surface area contributed by atoms with Crippen LogP contribution in [0.25, 0.3) is 0 Å². The predicted molar refractivity (Wildman–Crippen MR) is 74.3 cm³/mol. The first-order chi connectivity index (χ1) is 8.01. The summed E-state index contributed by atoms with van der Waals surface area (Å²) in [5.74, 6) is 1.75. The highest BCUT2D eigenvalue weighted by molar-refractivity contribution is 4.76. The van der Waals surface area contributed by atoms with E-state index in [2.05, 4.69) is 33.0 Å². The third-order valence-electron chi connectivity index (χ3n) is 3.63. The lowest BCUT2D eigenvalue weighted by Crippen LogP contribution is -2.39. The van der Waals surface area contributed by atoms with Gasteiger partial charge in [0.2, 0.25) is 0 Å². The molecule has 0 spiro atoms. The summed E-state index contributed by atoms with van der Waals surface area (Å²) in [5.41, 5.74) is 0.252. The lowest BCUT2D eigenvalue weighted by atomic mass is 9.86. The number of hydrogen-bond acceptors (Lipinski definition) is 2. The molecule has 1 rings (SSSR count). The van der Waals surface area contributed by atoms with E-state index in [0.717, 1.165) is 25.0 Å². The zero-order valence-corrected chi connectivity index (χ0v) is 12.2. The van der Waals surface area contributed by atoms with Crippen molar-refractivity contribution in [3.63, 3.8) is 0 Å². The molecule has 0 bridgehead atoms. The summed E-state index contributed by atoms with van der Waals surface area (Å²) in [6.07, 6.45) is 6.60. The van der Waals surface area contributed by atoms with Gasteiger partial charge in [0.05, 0.1) is 0 Å². The standard InChI is InChI=1S/C15H31NO/c1-5-6-14(12-16-15(2,3)4)11-13-7-9-17-10-8-13/h13-14,16H,5-12H2,1-4H3. The molecule has 1 saturated heterocycles. The van der Waals surface area contributed by atoms with Gasteiger partial charge in [0.25, 0.3) is 0 Å². The largest absolute Gasteiger partial charge is 0.381 e. The lowest BCUT2D eigenvalue weighted by molar-refractivity contribution is 0.0576. The van der Waals surface area contributed by atoms with Crippen LogP contribution in [0.2, 0.25) is 0 Å². The average Bonchev–Trinajstić information content (AvgIpc) is 2.27. The molecule has 0 amide bonds. The Hall–Kier alpha value is -0.0800. The van der Waals surface area contributed by atoms with Crippen LogP contribution in [0, 0.1) is 11.8 Å². The van der Waals surface area contributed by atoms with Crippen molar-refractivity contribution in [2.45, 2.75) is 65.3 Å². The predicted octanol–water partition coefficient (Wildman–Crippen LogP) is 3.61. The minimum absolute atomic E-state index is 0.252. The van der Waals surface area contributed by atoms with E-state index in [-0.39, 0.29) is 5.54 Å². The third kappa shape index (κ3) is 7.05. The van der Waals surface area contributed by atoms with E-state index >= 15 is 0 Å². The summed E-state index contributed by atoms with van der Waals surface area (Å²) in [7, 11) is 0. The van der Waals surface area contributed by atoms with Gasteiger partial charge in [0, 0.05) is 18.8 Å². The molecule has 1 aliphatic rings. The molecule has 1 atom stereocenters. The second-order valence-electron chi connectivity index (χ2n) is 6.58. The van der Waals surface area contributed by atoms with E-state index in [1.165, 1.54) is 38.6 Å². The Labute approximate surface area is 108 Å². The Balaban J connectivity index is 2.31. The zero-order chi connectivity index (χ0) is 12.7. The van der Waals surface area contributed by atoms with E-state index in [1.807, 2.05) is 0 Å². The van der Waals surface area contributed by atoms with Crippen LogP contribution in [0.5, 0.6) is 0 Å². The van der Waals surface area contributed by atoms with E-state index in [1.54, 1.807) is 0 Å². The van der Waals surface area contributed by atoms with Gasteiger partial charge >= 0.3 is 0 Å². The van der Waals surface area contributed by atoms with Gasteiger partial charge in [-0.25, -0.2) is 0 Å². The van der Waals surface area contributed by atoms with Crippen molar-refractivity contribution < 1.29 is 4.74 Å². The van der Waals surface area contributed by atoms with Crippen LogP contribution in [-0.2, 0) is 4.74 Å². The average molecular weight is 241 g/mol. The van der Waals surface area contributed by atoms with Crippen LogP contribution in [-0.4, -0.2) is 25.3 Å². The van der Waals surface area contributed by atoms with E-state index in [4.69, 9.17) is 4.74 Å². The molecule has 0 saturated carbocycles. The summed E-state index contributed by atoms with van der Waals surface area (Å²) < 4.78 is 5.44. The first-order valence-electron chi connectivity index (χ1n) is 7.34. The normalized spacial score (nSPS) is 20.5. The van der Waals surface area contributed by atoms with Crippen molar-refractivity contribution in [1.29, 1.82) is 0 Å². The van der Waals surface area contributed by atoms with Crippen molar-refractivity contribution in [3.05, 3.63) is 0 Å². The molecule has 0 aromatic heterocycles. The Morgan fingerprint density at radius 1 is 1.24 bits per heavy atom. The van der Waals surface area contributed by atoms with E-state index in [0.29, 0.717) is 0 Å². The quantitative estimate of drug-likeness (QED) is 0.767. The number of hydrogen-bond donors (Lipinski definition) is 1. The smallest absolute Gasteiger partial charge is 0.0468 e. The topological polar surface area (TPSA) is 21.3 Å². The van der Waals surface area contributed by atoms with Gasteiger partial charge in [-0.05, 0) is 64.8 Å². The van der Waals surface area contributed by atoms with Gasteiger partial charge in [-0.1, -0.05) is 13.3 Å². The van der Waals surface area contributed by atoms with E-state index in [9.17, 15) is 0 Å². The molecule has 2 nitrogen and oxygen atoms in total. The fourth-order valence-electron chi connectivity index (χ4n) is 2.62. The lowest BCUT2D eigenvalue weighted by Gasteiger charge is -2.29. The van der Waals surface area contributed by atoms with Crippen LogP contribution in [0.1, 0.15) is 59.8 Å². The number of nitrogens with one attached hydrogen (secondary N) is 1. The van der Waals surface area contributed by atoms with Crippen molar-refractivity contribution in [1.82, 2.24) is 5.32 Å². The zero-order valence-electron chi connectivity index (χ0n) is 12.2. The second-order valence-corrected chi connectivity index (χ2v) is 6.58. The van der Waals surface area contributed by atoms with Gasteiger partial charge in [-0.15, -0.1) is 0 Å². The maximum atomic E-state index is 5.44. The highest BCUT2D eigenvalue weighted by atomic mass is 16.5. The maximum Gasteiger partial charge on any atom is 0.0468 e. The molecule has 1 unspecified atom stereocenters. The van der Waals surface area contributed by atoms with Crippen LogP contribution >= 0.6 is 0 Å². The molecule has 0 aromatic rings. The molecule has 102 valence electrons. The first-order valence-corrected chi connectivity index (χ1v) is 7.34. The summed E-state index contributed by atoms with van der Waals surface area (Å²) in [5, 5.41) is 3.67. The summed E-state index contributed by atoms with van der Waals surface area (Å²) >= 11 is 0. The molecule has 0 aromatic carbocycles. The highest BCUT2D eigenvalue weighted by Crippen LogP contribution is 2.25. The molecular formula is C15H31NO. The van der Waals surface area contributed by atoms with E-state index < -0.39 is 0 Å². The molecule has 2 heteroatoms. The number of ether oxygens (including phenoxy) is 1. The maximum absolute atomic E-state index is 5.44. The van der Waals surface area contributed by atoms with Crippen LogP contribution in [0.4, 0.5) is 0 Å². The molecule has 1 N–H and O–H groups in total. The SMILES string of the molecule is CCCC(CNC(C)(C)C)CC1CCOCC1. The Morgan fingerprint density at radius 2 is 1.88 bits per heavy atom. The van der Waals surface area contributed by atoms with Crippen molar-refractivity contribution in [2.24, 2.45) is 11.8 Å². The molecule has 1 aliphatic heterocycles. The highest BCUT2D eigenvalue weighted by Gasteiger charge is 2.20. The van der Waals surface area contributed by atoms with Crippen LogP contribution < -0.4 is 5.32 Å². The fraction of sp³-hybridized carbons (Fsp3) is 1.00. The van der Waals surface area contributed by atoms with Crippen LogP contribution in [0.3, 0.4) is 0 Å². The van der Waals surface area contributed by atoms with Crippen molar-refractivity contribution >= 4 is 0 Å². The van der Waals surface area contributed by atoms with Gasteiger partial charge in [0.1, 0.15) is 0 Å². The molecular weight excluding hydrogens is 210 g/mol. The molecule has 0 aliphatic carbocycles. The molecule has 1 heterocycles. The summed E-state index contributed by atoms with van der Waals surface area (Å²) in [6.45, 7) is 12.2. The monoisotopic (exact) mass is 241 g/mol. The molecule has 17 heavy (non-hydrogen) atoms. The van der Waals surface area contributed by atoms with Gasteiger partial charge in [-0.3, -0.25) is 0 Å². The molecule has 0 radical (unpaired) electrons. The third-order valence-corrected chi connectivity index (χ3v) is 3.63. The first kappa shape index (κ1) is 15.0. The summed E-state index contributed by atoms with van der Waals surface area (Å²) in [6, 6.07) is 0. The minimum Gasteiger partial charge on any atom is -0.381 e. The second kappa shape index (κ2) is 7.38. The van der Waals surface area contributed by atoms with Crippen molar-refractivity contribution in [3.8, 4) is 0 Å². The van der Waals surface area contributed by atoms with Crippen molar-refractivity contribution in [2.75, 3.05) is 19.8 Å². The Bertz CT molecular complexity index is 192. The number of rotatable bonds is 6. The van der Waals surface area contributed by atoms with Gasteiger partial charge in [0.15, 0.2) is 0 Å². The Kier molecular flexibility index (Phi) is 6.50. The molecule has 1 fully saturated rings. The van der Waals surface area contributed by atoms with Crippen LogP contribution in [0.15, 0.2) is 0 Å². The van der Waals surface area contributed by atoms with Gasteiger partial charge in [-0.2, -0.15) is 0 Å². The minimum atomic E-state index is 0.252. The fourth-order valence-corrected chi connectivity index (χ4v) is 2.62. The van der Waals surface area contributed by atoms with Gasteiger partial charge < -0.3 is 10.1 Å².